The number of alkyl halides is 1. The van der Waals surface area contributed by atoms with Gasteiger partial charge in [-0.25, -0.2) is 27.3 Å². The van der Waals surface area contributed by atoms with Crippen LogP contribution in [0.25, 0.3) is 21.5 Å². The number of benzene rings is 2. The van der Waals surface area contributed by atoms with Crippen molar-refractivity contribution in [3.05, 3.63) is 71.3 Å². The Morgan fingerprint density at radius 2 is 1.82 bits per heavy atom. The minimum Gasteiger partial charge on any atom is -0.476 e. The van der Waals surface area contributed by atoms with Gasteiger partial charge in [0.05, 0.1) is 16.8 Å². The standard InChI is InChI=1S/C29H29FN4O4S/c1-29(2,30)15-33-39(37,38)27-22-11-19(10-17(22)9-18-13-31-24(12-23(18)27)16-7-8-16)34-25-14-32-26(28(35)36)21-6-4-3-5-20(21)25/h3-6,9,12-14,16,19,33-34H,7-8,10-11,15H2,1-2H3,(H,35,36)/t19-/m1/s1. The minimum absolute atomic E-state index is 0.0219. The molecule has 39 heavy (non-hydrogen) atoms. The lowest BCUT2D eigenvalue weighted by molar-refractivity contribution is 0.0693. The summed E-state index contributed by atoms with van der Waals surface area (Å²) in [6.45, 7) is 2.34. The molecule has 2 aromatic carbocycles. The topological polar surface area (TPSA) is 121 Å². The number of fused-ring (bicyclic) bond motifs is 3. The predicted molar refractivity (Wildman–Crippen MR) is 148 cm³/mol. The van der Waals surface area contributed by atoms with Crippen molar-refractivity contribution in [2.24, 2.45) is 0 Å². The second-order valence-electron chi connectivity index (χ2n) is 11.1. The summed E-state index contributed by atoms with van der Waals surface area (Å²) in [7, 11) is -4.04. The number of hydrogen-bond acceptors (Lipinski definition) is 6. The van der Waals surface area contributed by atoms with Gasteiger partial charge in [0.2, 0.25) is 10.0 Å². The zero-order valence-corrected chi connectivity index (χ0v) is 22.5. The van der Waals surface area contributed by atoms with Gasteiger partial charge in [0.25, 0.3) is 0 Å². The fourth-order valence-corrected chi connectivity index (χ4v) is 7.10. The van der Waals surface area contributed by atoms with Crippen LogP contribution in [0, 0.1) is 0 Å². The zero-order valence-electron chi connectivity index (χ0n) is 21.7. The van der Waals surface area contributed by atoms with Crippen LogP contribution in [0.4, 0.5) is 10.1 Å². The Morgan fingerprint density at radius 1 is 1.08 bits per heavy atom. The van der Waals surface area contributed by atoms with E-state index in [1.165, 1.54) is 20.0 Å². The van der Waals surface area contributed by atoms with Crippen LogP contribution in [0.5, 0.6) is 0 Å². The molecule has 1 saturated carbocycles. The third-order valence-electron chi connectivity index (χ3n) is 7.41. The highest BCUT2D eigenvalue weighted by atomic mass is 32.2. The smallest absolute Gasteiger partial charge is 0.355 e. The van der Waals surface area contributed by atoms with Gasteiger partial charge in [-0.3, -0.25) is 4.98 Å². The molecule has 1 atom stereocenters. The maximum Gasteiger partial charge on any atom is 0.355 e. The minimum atomic E-state index is -4.04. The number of halogens is 1. The van der Waals surface area contributed by atoms with Crippen LogP contribution in [-0.2, 0) is 22.9 Å². The van der Waals surface area contributed by atoms with E-state index in [0.717, 1.165) is 34.9 Å². The normalized spacial score (nSPS) is 17.5. The van der Waals surface area contributed by atoms with Crippen LogP contribution in [-0.4, -0.2) is 47.7 Å². The Morgan fingerprint density at radius 3 is 2.51 bits per heavy atom. The molecule has 4 aromatic rings. The Hall–Kier alpha value is -3.63. The molecular formula is C29H29FN4O4S. The monoisotopic (exact) mass is 548 g/mol. The van der Waals surface area contributed by atoms with Crippen molar-refractivity contribution < 1.29 is 22.7 Å². The number of nitrogens with one attached hydrogen (secondary N) is 2. The van der Waals surface area contributed by atoms with Crippen molar-refractivity contribution in [2.45, 2.75) is 62.1 Å². The van der Waals surface area contributed by atoms with E-state index in [2.05, 4.69) is 20.0 Å². The number of aromatic nitrogens is 2. The van der Waals surface area contributed by atoms with Gasteiger partial charge >= 0.3 is 5.97 Å². The number of carboxylic acids is 1. The van der Waals surface area contributed by atoms with Gasteiger partial charge in [-0.05, 0) is 62.8 Å². The molecule has 0 aliphatic heterocycles. The van der Waals surface area contributed by atoms with Crippen LogP contribution in [0.1, 0.15) is 59.9 Å². The first-order valence-electron chi connectivity index (χ1n) is 13.0. The second-order valence-corrected chi connectivity index (χ2v) is 12.8. The number of nitrogens with zero attached hydrogens (tertiary/aromatic N) is 2. The molecule has 2 aliphatic rings. The summed E-state index contributed by atoms with van der Waals surface area (Å²) in [5, 5.41) is 15.6. The molecule has 8 nitrogen and oxygen atoms in total. The summed E-state index contributed by atoms with van der Waals surface area (Å²) in [5.41, 5.74) is 1.43. The number of rotatable bonds is 8. The van der Waals surface area contributed by atoms with E-state index in [4.69, 9.17) is 0 Å². The average Bonchev–Trinajstić information content (AvgIpc) is 3.66. The van der Waals surface area contributed by atoms with Crippen LogP contribution in [0.3, 0.4) is 0 Å². The Kier molecular flexibility index (Phi) is 6.07. The van der Waals surface area contributed by atoms with Crippen molar-refractivity contribution in [2.75, 3.05) is 11.9 Å². The van der Waals surface area contributed by atoms with Gasteiger partial charge in [0.15, 0.2) is 5.69 Å². The Bertz CT molecular complexity index is 1750. The molecule has 0 saturated heterocycles. The van der Waals surface area contributed by atoms with E-state index in [0.29, 0.717) is 40.8 Å². The van der Waals surface area contributed by atoms with Crippen LogP contribution in [0.15, 0.2) is 53.7 Å². The number of carbonyl (C=O) groups is 1. The van der Waals surface area contributed by atoms with Crippen molar-refractivity contribution >= 4 is 43.2 Å². The van der Waals surface area contributed by atoms with Gasteiger partial charge in [-0.15, -0.1) is 0 Å². The molecule has 6 rings (SSSR count). The van der Waals surface area contributed by atoms with Crippen molar-refractivity contribution in [1.29, 1.82) is 0 Å². The first-order valence-corrected chi connectivity index (χ1v) is 14.5. The van der Waals surface area contributed by atoms with Gasteiger partial charge in [-0.2, -0.15) is 0 Å². The van der Waals surface area contributed by atoms with Crippen LogP contribution >= 0.6 is 0 Å². The molecule has 0 spiro atoms. The Labute approximate surface area is 225 Å². The lowest BCUT2D eigenvalue weighted by atomic mass is 10.0. The highest BCUT2D eigenvalue weighted by Gasteiger charge is 2.34. The summed E-state index contributed by atoms with van der Waals surface area (Å²) in [6, 6.07) is 10.9. The third kappa shape index (κ3) is 4.94. The van der Waals surface area contributed by atoms with E-state index in [9.17, 15) is 22.7 Å². The SMILES string of the molecule is CC(C)(F)CNS(=O)(=O)c1c2c(cc3cnc(C4CC4)cc13)C[C@@H](Nc1cnc(C(=O)O)c3ccccc13)C2. The molecule has 3 N–H and O–H groups in total. The number of anilines is 1. The number of hydrogen-bond donors (Lipinski definition) is 3. The quantitative estimate of drug-likeness (QED) is 0.284. The number of sulfonamides is 1. The van der Waals surface area contributed by atoms with Crippen LogP contribution < -0.4 is 10.0 Å². The fourth-order valence-electron chi connectivity index (χ4n) is 5.42. The van der Waals surface area contributed by atoms with E-state index in [1.807, 2.05) is 24.3 Å². The maximum absolute atomic E-state index is 14.3. The van der Waals surface area contributed by atoms with E-state index >= 15 is 0 Å². The molecule has 2 aromatic heterocycles. The molecule has 2 heterocycles. The average molecular weight is 549 g/mol. The lowest BCUT2D eigenvalue weighted by Gasteiger charge is -2.19. The second kappa shape index (κ2) is 9.24. The number of carboxylic acid groups (broad SMARTS) is 1. The first kappa shape index (κ1) is 25.6. The molecule has 1 fully saturated rings. The van der Waals surface area contributed by atoms with Gasteiger partial charge < -0.3 is 10.4 Å². The van der Waals surface area contributed by atoms with E-state index in [1.54, 1.807) is 18.3 Å². The van der Waals surface area contributed by atoms with Crippen molar-refractivity contribution in [3.63, 3.8) is 0 Å². The molecule has 2 aliphatic carbocycles. The highest BCUT2D eigenvalue weighted by Crippen LogP contribution is 2.42. The third-order valence-corrected chi connectivity index (χ3v) is 8.94. The molecule has 10 heteroatoms. The van der Waals surface area contributed by atoms with Gasteiger partial charge in [0.1, 0.15) is 5.67 Å². The molecule has 202 valence electrons. The van der Waals surface area contributed by atoms with Crippen LogP contribution in [0.2, 0.25) is 0 Å². The molecule has 0 bridgehead atoms. The highest BCUT2D eigenvalue weighted by molar-refractivity contribution is 7.89. The number of aromatic carboxylic acids is 1. The summed E-state index contributed by atoms with van der Waals surface area (Å²) in [6.07, 6.45) is 6.31. The summed E-state index contributed by atoms with van der Waals surface area (Å²) >= 11 is 0. The summed E-state index contributed by atoms with van der Waals surface area (Å²) < 4.78 is 44.2. The fraction of sp³-hybridized carbons (Fsp3) is 0.345. The van der Waals surface area contributed by atoms with Gasteiger partial charge in [0, 0.05) is 51.9 Å². The van der Waals surface area contributed by atoms with Crippen molar-refractivity contribution in [3.8, 4) is 0 Å². The lowest BCUT2D eigenvalue weighted by Crippen LogP contribution is -2.36. The summed E-state index contributed by atoms with van der Waals surface area (Å²) in [4.78, 5) is 20.6. The first-order chi connectivity index (χ1) is 18.5. The molecule has 0 radical (unpaired) electrons. The Balaban J connectivity index is 1.41. The summed E-state index contributed by atoms with van der Waals surface area (Å²) in [5.74, 6) is -0.754. The molecular weight excluding hydrogens is 519 g/mol. The largest absolute Gasteiger partial charge is 0.476 e. The van der Waals surface area contributed by atoms with Crippen molar-refractivity contribution in [1.82, 2.24) is 14.7 Å². The molecule has 0 amide bonds. The predicted octanol–water partition coefficient (Wildman–Crippen LogP) is 4.96. The molecule has 0 unspecified atom stereocenters. The zero-order chi connectivity index (χ0) is 27.5. The van der Waals surface area contributed by atoms with E-state index in [-0.39, 0.29) is 23.2 Å². The van der Waals surface area contributed by atoms with Gasteiger partial charge in [-0.1, -0.05) is 24.3 Å². The van der Waals surface area contributed by atoms with E-state index < -0.39 is 21.7 Å². The maximum atomic E-state index is 14.3. The number of pyridine rings is 2.